The van der Waals surface area contributed by atoms with E-state index < -0.39 is 11.4 Å². The van der Waals surface area contributed by atoms with Gasteiger partial charge in [-0.3, -0.25) is 4.79 Å². The van der Waals surface area contributed by atoms with Crippen LogP contribution in [0.15, 0.2) is 23.3 Å². The summed E-state index contributed by atoms with van der Waals surface area (Å²) >= 11 is 0. The predicted molar refractivity (Wildman–Crippen MR) is 128 cm³/mol. The van der Waals surface area contributed by atoms with Crippen molar-refractivity contribution in [3.05, 3.63) is 23.3 Å². The van der Waals surface area contributed by atoms with Gasteiger partial charge in [0.05, 0.1) is 11.5 Å². The van der Waals surface area contributed by atoms with E-state index in [0.717, 1.165) is 44.9 Å². The van der Waals surface area contributed by atoms with E-state index in [2.05, 4.69) is 53.7 Å². The first-order valence-corrected chi connectivity index (χ1v) is 13.1. The number of aliphatic hydroxyl groups excluding tert-OH is 1. The van der Waals surface area contributed by atoms with Gasteiger partial charge in [-0.15, -0.1) is 0 Å². The molecule has 0 aromatic rings. The molecule has 32 heavy (non-hydrogen) atoms. The fourth-order valence-corrected chi connectivity index (χ4v) is 10.0. The topological polar surface area (TPSA) is 57.5 Å². The molecule has 0 aliphatic heterocycles. The molecule has 0 amide bonds. The Kier molecular flexibility index (Phi) is 4.78. The molecule has 3 heteroatoms. The molecule has 5 aliphatic rings. The van der Waals surface area contributed by atoms with Crippen LogP contribution in [0.25, 0.3) is 0 Å². The number of carboxylic acids is 1. The first-order chi connectivity index (χ1) is 14.8. The molecule has 2 N–H and O–H groups in total. The Morgan fingerprint density at radius 1 is 0.969 bits per heavy atom. The third-order valence-electron chi connectivity index (χ3n) is 12.3. The van der Waals surface area contributed by atoms with E-state index in [1.807, 2.05) is 0 Å². The Morgan fingerprint density at radius 3 is 2.38 bits per heavy atom. The summed E-state index contributed by atoms with van der Waals surface area (Å²) in [7, 11) is 0. The molecule has 8 atom stereocenters. The van der Waals surface area contributed by atoms with Crippen LogP contribution in [0.2, 0.25) is 0 Å². The van der Waals surface area contributed by atoms with Crippen molar-refractivity contribution in [3.63, 3.8) is 0 Å². The van der Waals surface area contributed by atoms with Crippen LogP contribution >= 0.6 is 0 Å². The summed E-state index contributed by atoms with van der Waals surface area (Å²) in [6.07, 6.45) is 13.6. The fraction of sp³-hybridized carbons (Fsp3) is 0.828. The zero-order chi connectivity index (χ0) is 23.3. The van der Waals surface area contributed by atoms with E-state index in [-0.39, 0.29) is 33.7 Å². The lowest BCUT2D eigenvalue weighted by atomic mass is 9.34. The van der Waals surface area contributed by atoms with Gasteiger partial charge in [0, 0.05) is 5.92 Å². The summed E-state index contributed by atoms with van der Waals surface area (Å²) in [5.41, 5.74) is 2.65. The summed E-state index contributed by atoms with van der Waals surface area (Å²) in [6.45, 7) is 14.4. The van der Waals surface area contributed by atoms with E-state index in [0.29, 0.717) is 11.8 Å². The Morgan fingerprint density at radius 2 is 1.69 bits per heavy atom. The third kappa shape index (κ3) is 2.55. The SMILES string of the molecule is CC1=C[C@H]2C3=CC[C@@H]4[C@@]5(C)CC[C@H](O)C(C)(C)[C@H]5CC[C@@]4(C)[C@]3(C)CC[C@@]2(C(=O)O)CC1. The minimum atomic E-state index is -0.605. The second-order valence-corrected chi connectivity index (χ2v) is 13.6. The van der Waals surface area contributed by atoms with Crippen molar-refractivity contribution in [1.29, 1.82) is 0 Å². The third-order valence-corrected chi connectivity index (χ3v) is 12.3. The first kappa shape index (κ1) is 22.7. The maximum Gasteiger partial charge on any atom is 0.310 e. The molecule has 5 rings (SSSR count). The summed E-state index contributed by atoms with van der Waals surface area (Å²) in [5.74, 6) is 0.620. The molecular weight excluding hydrogens is 396 g/mol. The van der Waals surface area contributed by atoms with Gasteiger partial charge in [0.15, 0.2) is 0 Å². The standard InChI is InChI=1S/C29H44O3/c1-18-9-14-29(24(31)32)16-15-27(5)19(20(29)17-18)7-8-22-26(4)12-11-23(30)25(2,3)21(26)10-13-28(22,27)6/h7,17,20-23,30H,8-16H2,1-6H3,(H,31,32)/t20-,21+,22+,23-,26-,27+,28+,29-/m0/s1. The second kappa shape index (κ2) is 6.74. The molecule has 0 aromatic heterocycles. The Bertz CT molecular complexity index is 898. The predicted octanol–water partition coefficient (Wildman–Crippen LogP) is 6.76. The average Bonchev–Trinajstić information content (AvgIpc) is 2.71. The number of aliphatic carboxylic acids is 1. The highest BCUT2D eigenvalue weighted by molar-refractivity contribution is 5.77. The Hall–Kier alpha value is -1.09. The molecule has 0 bridgehead atoms. The van der Waals surface area contributed by atoms with Crippen LogP contribution in [-0.4, -0.2) is 22.3 Å². The average molecular weight is 441 g/mol. The van der Waals surface area contributed by atoms with Gasteiger partial charge in [-0.25, -0.2) is 0 Å². The van der Waals surface area contributed by atoms with Crippen LogP contribution in [0.3, 0.4) is 0 Å². The molecular formula is C29H44O3. The Labute approximate surface area is 194 Å². The largest absolute Gasteiger partial charge is 0.481 e. The number of carboxylic acid groups (broad SMARTS) is 1. The van der Waals surface area contributed by atoms with Crippen LogP contribution in [-0.2, 0) is 4.79 Å². The zero-order valence-electron chi connectivity index (χ0n) is 21.1. The molecule has 3 nitrogen and oxygen atoms in total. The van der Waals surface area contributed by atoms with Crippen LogP contribution in [0.5, 0.6) is 0 Å². The highest BCUT2D eigenvalue weighted by Crippen LogP contribution is 2.75. The Balaban J connectivity index is 1.61. The van der Waals surface area contributed by atoms with Crippen molar-refractivity contribution >= 4 is 5.97 Å². The van der Waals surface area contributed by atoms with Crippen molar-refractivity contribution in [1.82, 2.24) is 0 Å². The van der Waals surface area contributed by atoms with Crippen molar-refractivity contribution in [3.8, 4) is 0 Å². The molecule has 0 aromatic carbocycles. The van der Waals surface area contributed by atoms with Crippen molar-refractivity contribution in [2.24, 2.45) is 44.8 Å². The summed E-state index contributed by atoms with van der Waals surface area (Å²) in [4.78, 5) is 12.6. The van der Waals surface area contributed by atoms with E-state index in [4.69, 9.17) is 0 Å². The summed E-state index contributed by atoms with van der Waals surface area (Å²) in [6, 6.07) is 0. The molecule has 0 saturated heterocycles. The maximum atomic E-state index is 12.6. The lowest BCUT2D eigenvalue weighted by Gasteiger charge is -2.70. The normalized spacial score (nSPS) is 51.8. The molecule has 0 radical (unpaired) electrons. The number of aliphatic hydroxyl groups is 1. The molecule has 0 unspecified atom stereocenters. The summed E-state index contributed by atoms with van der Waals surface area (Å²) < 4.78 is 0. The van der Waals surface area contributed by atoms with Crippen LogP contribution in [0, 0.1) is 44.8 Å². The van der Waals surface area contributed by atoms with Crippen molar-refractivity contribution in [2.75, 3.05) is 0 Å². The van der Waals surface area contributed by atoms with Gasteiger partial charge in [0.2, 0.25) is 0 Å². The van der Waals surface area contributed by atoms with Gasteiger partial charge >= 0.3 is 5.97 Å². The highest BCUT2D eigenvalue weighted by atomic mass is 16.4. The van der Waals surface area contributed by atoms with Crippen molar-refractivity contribution in [2.45, 2.75) is 105 Å². The van der Waals surface area contributed by atoms with Gasteiger partial charge in [-0.1, -0.05) is 57.9 Å². The van der Waals surface area contributed by atoms with Gasteiger partial charge in [0.1, 0.15) is 0 Å². The molecule has 0 heterocycles. The quantitative estimate of drug-likeness (QED) is 0.443. The van der Waals surface area contributed by atoms with Gasteiger partial charge in [-0.2, -0.15) is 0 Å². The van der Waals surface area contributed by atoms with Gasteiger partial charge in [0.25, 0.3) is 0 Å². The first-order valence-electron chi connectivity index (χ1n) is 13.1. The molecule has 3 fully saturated rings. The van der Waals surface area contributed by atoms with E-state index >= 15 is 0 Å². The molecule has 0 spiro atoms. The maximum absolute atomic E-state index is 12.6. The minimum Gasteiger partial charge on any atom is -0.481 e. The monoisotopic (exact) mass is 440 g/mol. The van der Waals surface area contributed by atoms with Gasteiger partial charge < -0.3 is 10.2 Å². The highest BCUT2D eigenvalue weighted by Gasteiger charge is 2.68. The van der Waals surface area contributed by atoms with Crippen LogP contribution in [0.1, 0.15) is 99.3 Å². The molecule has 5 aliphatic carbocycles. The number of fused-ring (bicyclic) bond motifs is 7. The van der Waals surface area contributed by atoms with E-state index in [1.54, 1.807) is 0 Å². The fourth-order valence-electron chi connectivity index (χ4n) is 10.0. The minimum absolute atomic E-state index is 0.0343. The lowest BCUT2D eigenvalue weighted by Crippen LogP contribution is -2.64. The number of hydrogen-bond donors (Lipinski definition) is 2. The van der Waals surface area contributed by atoms with Gasteiger partial charge in [-0.05, 0) is 98.2 Å². The van der Waals surface area contributed by atoms with E-state index in [1.165, 1.54) is 24.0 Å². The smallest absolute Gasteiger partial charge is 0.310 e. The lowest BCUT2D eigenvalue weighted by molar-refractivity contribution is -0.202. The van der Waals surface area contributed by atoms with E-state index in [9.17, 15) is 15.0 Å². The van der Waals surface area contributed by atoms with Crippen LogP contribution < -0.4 is 0 Å². The number of allylic oxidation sites excluding steroid dienone is 4. The number of hydrogen-bond acceptors (Lipinski definition) is 2. The van der Waals surface area contributed by atoms with Crippen molar-refractivity contribution < 1.29 is 15.0 Å². The van der Waals surface area contributed by atoms with Crippen LogP contribution in [0.4, 0.5) is 0 Å². The number of rotatable bonds is 1. The number of carbonyl (C=O) groups is 1. The summed E-state index contributed by atoms with van der Waals surface area (Å²) in [5, 5.41) is 21.2. The molecule has 3 saturated carbocycles. The molecule has 178 valence electrons. The zero-order valence-corrected chi connectivity index (χ0v) is 21.1. The second-order valence-electron chi connectivity index (χ2n) is 13.6.